The van der Waals surface area contributed by atoms with Crippen LogP contribution in [0, 0.1) is 5.92 Å². The maximum atomic E-state index is 4.68. The summed E-state index contributed by atoms with van der Waals surface area (Å²) in [5, 5.41) is 0. The van der Waals surface area contributed by atoms with Crippen LogP contribution in [0.2, 0.25) is 0 Å². The summed E-state index contributed by atoms with van der Waals surface area (Å²) in [6.07, 6.45) is 3.56. The molecular weight excluding hydrogens is 366 g/mol. The van der Waals surface area contributed by atoms with E-state index >= 15 is 0 Å². The van der Waals surface area contributed by atoms with Crippen LogP contribution in [0.3, 0.4) is 0 Å². The van der Waals surface area contributed by atoms with Gasteiger partial charge in [-0.25, -0.2) is 0 Å². The molecule has 0 N–H and O–H groups in total. The third kappa shape index (κ3) is 3.37. The Labute approximate surface area is 144 Å². The quantitative estimate of drug-likeness (QED) is 0.560. The fraction of sp³-hybridized carbons (Fsp3) is 0.471. The van der Waals surface area contributed by atoms with Gasteiger partial charge in [0.05, 0.1) is 0 Å². The van der Waals surface area contributed by atoms with Crippen LogP contribution >= 0.6 is 24.8 Å². The Morgan fingerprint density at radius 3 is 1.95 bits per heavy atom. The van der Waals surface area contributed by atoms with Crippen LogP contribution in [-0.2, 0) is 21.3 Å². The molecule has 2 aliphatic rings. The summed E-state index contributed by atoms with van der Waals surface area (Å²) in [6.45, 7) is 13.8. The fourth-order valence-electron chi connectivity index (χ4n) is 3.28. The Kier molecular flexibility index (Phi) is 7.63. The molecule has 0 nitrogen and oxygen atoms in total. The van der Waals surface area contributed by atoms with Crippen molar-refractivity contribution in [2.24, 2.45) is 5.92 Å². The molecule has 0 saturated heterocycles. The molecule has 0 spiro atoms. The van der Waals surface area contributed by atoms with E-state index in [-0.39, 0.29) is 24.8 Å². The molecule has 0 heterocycles. The van der Waals surface area contributed by atoms with E-state index in [0.29, 0.717) is 5.92 Å². The zero-order valence-corrected chi connectivity index (χ0v) is 17.5. The molecular formula is C17H26Cl2Zr. The van der Waals surface area contributed by atoms with Crippen LogP contribution in [0.5, 0.6) is 0 Å². The summed E-state index contributed by atoms with van der Waals surface area (Å²) in [7, 11) is 0. The van der Waals surface area contributed by atoms with E-state index in [1.54, 1.807) is 17.7 Å². The van der Waals surface area contributed by atoms with Gasteiger partial charge in [-0.15, -0.1) is 24.8 Å². The van der Waals surface area contributed by atoms with Crippen molar-refractivity contribution >= 4 is 29.0 Å². The van der Waals surface area contributed by atoms with Crippen LogP contribution in [-0.4, -0.2) is 4.21 Å². The van der Waals surface area contributed by atoms with Crippen molar-refractivity contribution in [2.45, 2.75) is 48.0 Å². The molecule has 0 aromatic rings. The molecule has 0 fully saturated rings. The molecule has 0 amide bonds. The Morgan fingerprint density at radius 2 is 1.60 bits per heavy atom. The standard InChI is InChI=1S/C9H13.C7H9.CH2.2ClH.Zr/c1-6-5-7(2)9(4)8(6)3;1-6-3-4-7(2)5-6;;;;/h6H,1-4H3;5H,3H2,1-2H3;1H2;2*1H;. The molecule has 0 radical (unpaired) electrons. The number of halogens is 2. The molecule has 0 aromatic heterocycles. The van der Waals surface area contributed by atoms with Gasteiger partial charge in [0.1, 0.15) is 0 Å². The number of hydrogen-bond acceptors (Lipinski definition) is 0. The van der Waals surface area contributed by atoms with Gasteiger partial charge in [0.25, 0.3) is 0 Å². The fourth-order valence-corrected chi connectivity index (χ4v) is 10.0. The van der Waals surface area contributed by atoms with E-state index in [2.05, 4.69) is 51.8 Å². The number of rotatable bonds is 2. The second kappa shape index (κ2) is 7.52. The van der Waals surface area contributed by atoms with Gasteiger partial charge in [0, 0.05) is 0 Å². The van der Waals surface area contributed by atoms with Crippen LogP contribution in [0.1, 0.15) is 48.0 Å². The monoisotopic (exact) mass is 390 g/mol. The third-order valence-electron chi connectivity index (χ3n) is 4.72. The van der Waals surface area contributed by atoms with E-state index in [4.69, 9.17) is 0 Å². The number of allylic oxidation sites excluding steroid dienone is 8. The molecule has 1 unspecified atom stereocenters. The Bertz CT molecular complexity index is 560. The van der Waals surface area contributed by atoms with Crippen molar-refractivity contribution in [2.75, 3.05) is 0 Å². The van der Waals surface area contributed by atoms with Crippen LogP contribution in [0.4, 0.5) is 0 Å². The Morgan fingerprint density at radius 1 is 1.05 bits per heavy atom. The topological polar surface area (TPSA) is 0 Å². The summed E-state index contributed by atoms with van der Waals surface area (Å²) < 4.78 is 8.14. The molecule has 0 bridgehead atoms. The SMILES string of the molecule is Cl.Cl.[CH2]=[Zr]([C]1=C(C)C=C(C)C1)[C]1=C(C)C(C)=C(C)C1C. The summed E-state index contributed by atoms with van der Waals surface area (Å²) in [6, 6.07) is 0. The van der Waals surface area contributed by atoms with Gasteiger partial charge in [-0.2, -0.15) is 0 Å². The van der Waals surface area contributed by atoms with Crippen molar-refractivity contribution in [3.05, 3.63) is 40.5 Å². The van der Waals surface area contributed by atoms with Gasteiger partial charge in [-0.05, 0) is 0 Å². The van der Waals surface area contributed by atoms with E-state index in [1.165, 1.54) is 23.1 Å². The first-order valence-electron chi connectivity index (χ1n) is 6.79. The summed E-state index contributed by atoms with van der Waals surface area (Å²) >= 11 is -1.82. The predicted octanol–water partition coefficient (Wildman–Crippen LogP) is 5.76. The van der Waals surface area contributed by atoms with Gasteiger partial charge in [-0.1, -0.05) is 0 Å². The first-order valence-corrected chi connectivity index (χ1v) is 11.0. The average Bonchev–Trinajstić information content (AvgIpc) is 2.73. The molecule has 0 saturated carbocycles. The Hall–Kier alpha value is 0.293. The second-order valence-corrected chi connectivity index (χ2v) is 11.0. The zero-order chi connectivity index (χ0) is 13.6. The molecule has 0 aromatic carbocycles. The minimum atomic E-state index is -1.82. The minimum absolute atomic E-state index is 0. The molecule has 0 aliphatic heterocycles. The third-order valence-corrected chi connectivity index (χ3v) is 11.5. The van der Waals surface area contributed by atoms with Crippen molar-refractivity contribution < 1.29 is 21.3 Å². The van der Waals surface area contributed by atoms with Crippen molar-refractivity contribution in [1.29, 1.82) is 0 Å². The number of hydrogen-bond donors (Lipinski definition) is 0. The van der Waals surface area contributed by atoms with Gasteiger partial charge in [0.15, 0.2) is 0 Å². The van der Waals surface area contributed by atoms with Crippen LogP contribution in [0.25, 0.3) is 0 Å². The van der Waals surface area contributed by atoms with Crippen LogP contribution < -0.4 is 0 Å². The molecule has 1 atom stereocenters. The first kappa shape index (κ1) is 20.3. The maximum absolute atomic E-state index is 4.68. The van der Waals surface area contributed by atoms with E-state index in [0.717, 1.165) is 0 Å². The average molecular weight is 393 g/mol. The van der Waals surface area contributed by atoms with Gasteiger partial charge >= 0.3 is 120 Å². The Balaban J connectivity index is 0.00000180. The summed E-state index contributed by atoms with van der Waals surface area (Å²) in [5.74, 6) is 0.651. The normalized spacial score (nSPS) is 21.9. The molecule has 20 heavy (non-hydrogen) atoms. The summed E-state index contributed by atoms with van der Waals surface area (Å²) in [4.78, 5) is 0. The van der Waals surface area contributed by atoms with Crippen molar-refractivity contribution in [3.8, 4) is 0 Å². The van der Waals surface area contributed by atoms with E-state index < -0.39 is 21.3 Å². The predicted molar refractivity (Wildman–Crippen MR) is 92.9 cm³/mol. The van der Waals surface area contributed by atoms with Crippen molar-refractivity contribution in [1.82, 2.24) is 0 Å². The van der Waals surface area contributed by atoms with E-state index in [1.807, 2.05) is 0 Å². The van der Waals surface area contributed by atoms with Gasteiger partial charge in [-0.3, -0.25) is 0 Å². The van der Waals surface area contributed by atoms with E-state index in [9.17, 15) is 0 Å². The first-order chi connectivity index (χ1) is 8.34. The molecule has 2 aliphatic carbocycles. The van der Waals surface area contributed by atoms with Crippen molar-refractivity contribution in [3.63, 3.8) is 0 Å². The molecule has 112 valence electrons. The molecule has 3 heteroatoms. The van der Waals surface area contributed by atoms with Gasteiger partial charge < -0.3 is 0 Å². The summed E-state index contributed by atoms with van der Waals surface area (Å²) in [5.41, 5.74) is 7.71. The van der Waals surface area contributed by atoms with Crippen LogP contribution in [0.15, 0.2) is 40.5 Å². The van der Waals surface area contributed by atoms with Gasteiger partial charge in [0.2, 0.25) is 0 Å². The second-order valence-electron chi connectivity index (χ2n) is 5.88. The zero-order valence-electron chi connectivity index (χ0n) is 13.4. The molecule has 2 rings (SSSR count).